The molecule has 0 fully saturated rings. The SMILES string of the molecule is CNC(=O)c1ccn(-c2c(C)cccc2C#N)n1. The van der Waals surface area contributed by atoms with Crippen LogP contribution in [0.5, 0.6) is 0 Å². The smallest absolute Gasteiger partial charge is 0.271 e. The lowest BCUT2D eigenvalue weighted by molar-refractivity contribution is 0.0957. The first-order valence-electron chi connectivity index (χ1n) is 5.45. The van der Waals surface area contributed by atoms with Crippen molar-refractivity contribution in [2.45, 2.75) is 6.92 Å². The fraction of sp³-hybridized carbons (Fsp3) is 0.154. The number of rotatable bonds is 2. The van der Waals surface area contributed by atoms with Gasteiger partial charge in [0.25, 0.3) is 5.91 Å². The van der Waals surface area contributed by atoms with Crippen LogP contribution in [0.3, 0.4) is 0 Å². The van der Waals surface area contributed by atoms with Crippen LogP contribution in [0, 0.1) is 18.3 Å². The van der Waals surface area contributed by atoms with Gasteiger partial charge in [-0.3, -0.25) is 4.79 Å². The summed E-state index contributed by atoms with van der Waals surface area (Å²) in [5.41, 5.74) is 2.49. The molecule has 2 aromatic rings. The summed E-state index contributed by atoms with van der Waals surface area (Å²) in [6, 6.07) is 9.19. The summed E-state index contributed by atoms with van der Waals surface area (Å²) in [6.07, 6.45) is 1.67. The number of benzene rings is 1. The van der Waals surface area contributed by atoms with Gasteiger partial charge in [0.1, 0.15) is 6.07 Å². The van der Waals surface area contributed by atoms with Gasteiger partial charge in [-0.15, -0.1) is 0 Å². The molecule has 0 bridgehead atoms. The average Bonchev–Trinajstić information content (AvgIpc) is 2.86. The summed E-state index contributed by atoms with van der Waals surface area (Å²) in [5, 5.41) is 15.8. The average molecular weight is 240 g/mol. The molecule has 18 heavy (non-hydrogen) atoms. The number of carbonyl (C=O) groups excluding carboxylic acids is 1. The molecular weight excluding hydrogens is 228 g/mol. The summed E-state index contributed by atoms with van der Waals surface area (Å²) >= 11 is 0. The minimum absolute atomic E-state index is 0.249. The predicted octanol–water partition coefficient (Wildman–Crippen LogP) is 1.41. The van der Waals surface area contributed by atoms with Gasteiger partial charge >= 0.3 is 0 Å². The largest absolute Gasteiger partial charge is 0.354 e. The Labute approximate surface area is 105 Å². The summed E-state index contributed by atoms with van der Waals surface area (Å²) in [7, 11) is 1.55. The highest BCUT2D eigenvalue weighted by Crippen LogP contribution is 2.18. The molecule has 1 aromatic heterocycles. The second kappa shape index (κ2) is 4.72. The highest BCUT2D eigenvalue weighted by atomic mass is 16.1. The maximum Gasteiger partial charge on any atom is 0.271 e. The number of aromatic nitrogens is 2. The van der Waals surface area contributed by atoms with Crippen molar-refractivity contribution in [3.05, 3.63) is 47.3 Å². The number of hydrogen-bond acceptors (Lipinski definition) is 3. The van der Waals surface area contributed by atoms with Crippen molar-refractivity contribution >= 4 is 5.91 Å². The molecule has 1 N–H and O–H groups in total. The van der Waals surface area contributed by atoms with Crippen molar-refractivity contribution < 1.29 is 4.79 Å². The fourth-order valence-corrected chi connectivity index (χ4v) is 1.75. The molecule has 2 rings (SSSR count). The van der Waals surface area contributed by atoms with E-state index in [1.807, 2.05) is 19.1 Å². The lowest BCUT2D eigenvalue weighted by Gasteiger charge is -2.07. The van der Waals surface area contributed by atoms with Gasteiger partial charge in [0.15, 0.2) is 5.69 Å². The van der Waals surface area contributed by atoms with Crippen LogP contribution in [-0.4, -0.2) is 22.7 Å². The van der Waals surface area contributed by atoms with E-state index in [1.165, 1.54) is 0 Å². The topological polar surface area (TPSA) is 70.7 Å². The van der Waals surface area contributed by atoms with E-state index < -0.39 is 0 Å². The molecule has 0 unspecified atom stereocenters. The highest BCUT2D eigenvalue weighted by Gasteiger charge is 2.12. The minimum Gasteiger partial charge on any atom is -0.354 e. The third-order valence-corrected chi connectivity index (χ3v) is 2.64. The maximum atomic E-state index is 11.4. The highest BCUT2D eigenvalue weighted by molar-refractivity contribution is 5.91. The number of amides is 1. The van der Waals surface area contributed by atoms with Crippen LogP contribution in [0.15, 0.2) is 30.5 Å². The predicted molar refractivity (Wildman–Crippen MR) is 66.4 cm³/mol. The number of para-hydroxylation sites is 1. The molecule has 1 heterocycles. The quantitative estimate of drug-likeness (QED) is 0.862. The second-order valence-corrected chi connectivity index (χ2v) is 3.81. The Bertz CT molecular complexity index is 637. The normalized spacial score (nSPS) is 9.83. The van der Waals surface area contributed by atoms with Crippen molar-refractivity contribution in [3.8, 4) is 11.8 Å². The monoisotopic (exact) mass is 240 g/mol. The second-order valence-electron chi connectivity index (χ2n) is 3.81. The molecular formula is C13H12N4O. The molecule has 0 saturated heterocycles. The van der Waals surface area contributed by atoms with Crippen LogP contribution in [0.25, 0.3) is 5.69 Å². The van der Waals surface area contributed by atoms with E-state index >= 15 is 0 Å². The molecule has 0 aliphatic rings. The van der Waals surface area contributed by atoms with Crippen LogP contribution in [-0.2, 0) is 0 Å². The van der Waals surface area contributed by atoms with Crippen LogP contribution >= 0.6 is 0 Å². The van der Waals surface area contributed by atoms with Crippen molar-refractivity contribution in [1.29, 1.82) is 5.26 Å². The van der Waals surface area contributed by atoms with E-state index in [1.54, 1.807) is 30.1 Å². The van der Waals surface area contributed by atoms with Gasteiger partial charge in [-0.05, 0) is 24.6 Å². The first-order chi connectivity index (χ1) is 8.67. The van der Waals surface area contributed by atoms with E-state index in [0.29, 0.717) is 16.9 Å². The van der Waals surface area contributed by atoms with E-state index in [2.05, 4.69) is 16.5 Å². The van der Waals surface area contributed by atoms with Gasteiger partial charge in [0, 0.05) is 13.2 Å². The Balaban J connectivity index is 2.53. The summed E-state index contributed by atoms with van der Waals surface area (Å²) in [5.74, 6) is -0.249. The number of nitriles is 1. The van der Waals surface area contributed by atoms with Gasteiger partial charge in [-0.25, -0.2) is 4.68 Å². The molecule has 0 spiro atoms. The first-order valence-corrected chi connectivity index (χ1v) is 5.45. The Kier molecular flexibility index (Phi) is 3.11. The van der Waals surface area contributed by atoms with E-state index in [0.717, 1.165) is 5.56 Å². The number of nitrogens with one attached hydrogen (secondary N) is 1. The van der Waals surface area contributed by atoms with Crippen molar-refractivity contribution in [1.82, 2.24) is 15.1 Å². The van der Waals surface area contributed by atoms with Crippen LogP contribution in [0.4, 0.5) is 0 Å². The number of aryl methyl sites for hydroxylation is 1. The summed E-state index contributed by atoms with van der Waals surface area (Å²) in [6.45, 7) is 1.90. The van der Waals surface area contributed by atoms with Crippen molar-refractivity contribution in [3.63, 3.8) is 0 Å². The zero-order chi connectivity index (χ0) is 13.1. The molecule has 5 nitrogen and oxygen atoms in total. The molecule has 5 heteroatoms. The minimum atomic E-state index is -0.249. The lowest BCUT2D eigenvalue weighted by atomic mass is 10.1. The van der Waals surface area contributed by atoms with E-state index in [4.69, 9.17) is 5.26 Å². The maximum absolute atomic E-state index is 11.4. The Morgan fingerprint density at radius 3 is 2.89 bits per heavy atom. The van der Waals surface area contributed by atoms with Gasteiger partial charge in [0.2, 0.25) is 0 Å². The zero-order valence-electron chi connectivity index (χ0n) is 10.1. The molecule has 0 radical (unpaired) electrons. The van der Waals surface area contributed by atoms with E-state index in [-0.39, 0.29) is 5.91 Å². The van der Waals surface area contributed by atoms with Gasteiger partial charge in [-0.1, -0.05) is 12.1 Å². The molecule has 0 aliphatic heterocycles. The van der Waals surface area contributed by atoms with Crippen molar-refractivity contribution in [2.24, 2.45) is 0 Å². The molecule has 90 valence electrons. The van der Waals surface area contributed by atoms with Gasteiger partial charge in [-0.2, -0.15) is 10.4 Å². The Hall–Kier alpha value is -2.61. The molecule has 0 saturated carbocycles. The molecule has 0 aliphatic carbocycles. The Morgan fingerprint density at radius 2 is 2.22 bits per heavy atom. The zero-order valence-corrected chi connectivity index (χ0v) is 10.1. The molecule has 1 aromatic carbocycles. The van der Waals surface area contributed by atoms with Crippen LogP contribution in [0.1, 0.15) is 21.6 Å². The van der Waals surface area contributed by atoms with E-state index in [9.17, 15) is 4.79 Å². The van der Waals surface area contributed by atoms with Gasteiger partial charge < -0.3 is 5.32 Å². The standard InChI is InChI=1S/C13H12N4O/c1-9-4-3-5-10(8-14)12(9)17-7-6-11(16-17)13(18)15-2/h3-7H,1-2H3,(H,15,18). The fourth-order valence-electron chi connectivity index (χ4n) is 1.75. The van der Waals surface area contributed by atoms with Crippen LogP contribution in [0.2, 0.25) is 0 Å². The molecule has 1 amide bonds. The van der Waals surface area contributed by atoms with Crippen molar-refractivity contribution in [2.75, 3.05) is 7.05 Å². The van der Waals surface area contributed by atoms with Gasteiger partial charge in [0.05, 0.1) is 11.3 Å². The summed E-state index contributed by atoms with van der Waals surface area (Å²) < 4.78 is 1.55. The third kappa shape index (κ3) is 1.96. The number of hydrogen-bond donors (Lipinski definition) is 1. The third-order valence-electron chi connectivity index (χ3n) is 2.64. The number of nitrogens with zero attached hydrogens (tertiary/aromatic N) is 3. The molecule has 0 atom stereocenters. The number of carbonyl (C=O) groups is 1. The lowest BCUT2D eigenvalue weighted by Crippen LogP contribution is -2.18. The summed E-state index contributed by atoms with van der Waals surface area (Å²) in [4.78, 5) is 11.4. The Morgan fingerprint density at radius 1 is 1.44 bits per heavy atom. The first kappa shape index (κ1) is 11.9. The van der Waals surface area contributed by atoms with Crippen LogP contribution < -0.4 is 5.32 Å².